The molecule has 0 amide bonds. The normalized spacial score (nSPS) is 27.1. The summed E-state index contributed by atoms with van der Waals surface area (Å²) in [6, 6.07) is 0. The first kappa shape index (κ1) is 14.0. The summed E-state index contributed by atoms with van der Waals surface area (Å²) >= 11 is 0. The molecule has 1 aromatic rings. The van der Waals surface area contributed by atoms with Gasteiger partial charge in [0.15, 0.2) is 0 Å². The van der Waals surface area contributed by atoms with Gasteiger partial charge in [0.2, 0.25) is 0 Å². The lowest BCUT2D eigenvalue weighted by atomic mass is 9.95. The molecule has 1 aromatic heterocycles. The fourth-order valence-corrected chi connectivity index (χ4v) is 3.12. The molecule has 2 rings (SSSR count). The molecule has 1 heterocycles. The van der Waals surface area contributed by atoms with Crippen LogP contribution in [0, 0.1) is 17.8 Å². The summed E-state index contributed by atoms with van der Waals surface area (Å²) in [6.07, 6.45) is 4.46. The number of hydrogen-bond acceptors (Lipinski definition) is 3. The Morgan fingerprint density at radius 3 is 2.84 bits per heavy atom. The Morgan fingerprint density at radius 1 is 1.53 bits per heavy atom. The third-order valence-corrected chi connectivity index (χ3v) is 4.09. The van der Waals surface area contributed by atoms with Crippen molar-refractivity contribution in [3.05, 3.63) is 12.2 Å². The number of carboxylic acid groups (broad SMARTS) is 1. The topological polar surface area (TPSA) is 68.0 Å². The van der Waals surface area contributed by atoms with Gasteiger partial charge in [0.25, 0.3) is 0 Å². The van der Waals surface area contributed by atoms with Crippen molar-refractivity contribution in [2.45, 2.75) is 52.5 Å². The van der Waals surface area contributed by atoms with Crippen LogP contribution in [0.5, 0.6) is 0 Å². The molecule has 106 valence electrons. The Hall–Kier alpha value is -1.39. The highest BCUT2D eigenvalue weighted by molar-refractivity contribution is 5.71. The van der Waals surface area contributed by atoms with Gasteiger partial charge in [0, 0.05) is 12.5 Å². The van der Waals surface area contributed by atoms with E-state index in [1.807, 2.05) is 4.57 Å². The smallest absolute Gasteiger partial charge is 0.307 e. The van der Waals surface area contributed by atoms with Crippen molar-refractivity contribution in [3.8, 4) is 0 Å². The zero-order valence-corrected chi connectivity index (χ0v) is 11.9. The van der Waals surface area contributed by atoms with Crippen LogP contribution < -0.4 is 0 Å². The highest BCUT2D eigenvalue weighted by Crippen LogP contribution is 2.43. The Kier molecular flexibility index (Phi) is 4.22. The van der Waals surface area contributed by atoms with Crippen molar-refractivity contribution in [2.24, 2.45) is 17.8 Å². The third kappa shape index (κ3) is 2.96. The molecule has 0 radical (unpaired) electrons. The molecule has 0 aromatic carbocycles. The van der Waals surface area contributed by atoms with Crippen LogP contribution in [-0.4, -0.2) is 25.8 Å². The average Bonchev–Trinajstić information content (AvgIpc) is 2.93. The zero-order valence-electron chi connectivity index (χ0n) is 11.9. The van der Waals surface area contributed by atoms with Gasteiger partial charge in [-0.25, -0.2) is 0 Å². The fourth-order valence-electron chi connectivity index (χ4n) is 3.12. The molecule has 1 fully saturated rings. The SMILES string of the molecule is CCC1CC(C(=O)O)C(c2nncn2CC(C)C)C1. The molecule has 0 aliphatic heterocycles. The second kappa shape index (κ2) is 5.72. The predicted octanol–water partition coefficient (Wildman–Crippen LogP) is 2.54. The van der Waals surface area contributed by atoms with Crippen molar-refractivity contribution < 1.29 is 9.90 Å². The van der Waals surface area contributed by atoms with E-state index in [0.717, 1.165) is 31.6 Å². The van der Waals surface area contributed by atoms with Gasteiger partial charge in [0.1, 0.15) is 12.2 Å². The van der Waals surface area contributed by atoms with Crippen LogP contribution in [0.25, 0.3) is 0 Å². The Balaban J connectivity index is 2.24. The van der Waals surface area contributed by atoms with Gasteiger partial charge in [-0.15, -0.1) is 10.2 Å². The Morgan fingerprint density at radius 2 is 2.26 bits per heavy atom. The maximum atomic E-state index is 11.4. The molecular formula is C14H23N3O2. The Bertz CT molecular complexity index is 442. The lowest BCUT2D eigenvalue weighted by Gasteiger charge is -2.17. The van der Waals surface area contributed by atoms with E-state index >= 15 is 0 Å². The molecule has 1 aliphatic rings. The minimum atomic E-state index is -0.694. The van der Waals surface area contributed by atoms with Crippen molar-refractivity contribution in [1.29, 1.82) is 0 Å². The molecule has 1 N–H and O–H groups in total. The van der Waals surface area contributed by atoms with E-state index in [2.05, 4.69) is 31.0 Å². The maximum Gasteiger partial charge on any atom is 0.307 e. The highest BCUT2D eigenvalue weighted by Gasteiger charge is 2.41. The largest absolute Gasteiger partial charge is 0.481 e. The van der Waals surface area contributed by atoms with Crippen LogP contribution in [0.4, 0.5) is 0 Å². The lowest BCUT2D eigenvalue weighted by molar-refractivity contribution is -0.142. The number of aliphatic carboxylic acids is 1. The molecule has 0 saturated heterocycles. The van der Waals surface area contributed by atoms with Crippen LogP contribution in [0.1, 0.15) is 51.8 Å². The summed E-state index contributed by atoms with van der Waals surface area (Å²) in [4.78, 5) is 11.4. The average molecular weight is 265 g/mol. The first-order valence-corrected chi connectivity index (χ1v) is 7.13. The molecule has 0 bridgehead atoms. The number of nitrogens with zero attached hydrogens (tertiary/aromatic N) is 3. The van der Waals surface area contributed by atoms with Gasteiger partial charge in [0.05, 0.1) is 5.92 Å². The van der Waals surface area contributed by atoms with Crippen LogP contribution in [0.3, 0.4) is 0 Å². The van der Waals surface area contributed by atoms with Crippen LogP contribution in [-0.2, 0) is 11.3 Å². The highest BCUT2D eigenvalue weighted by atomic mass is 16.4. The van der Waals surface area contributed by atoms with Gasteiger partial charge in [-0.1, -0.05) is 27.2 Å². The minimum absolute atomic E-state index is 0.0173. The van der Waals surface area contributed by atoms with Gasteiger partial charge in [-0.2, -0.15) is 0 Å². The summed E-state index contributed by atoms with van der Waals surface area (Å²) in [5, 5.41) is 17.6. The summed E-state index contributed by atoms with van der Waals surface area (Å²) < 4.78 is 2.03. The predicted molar refractivity (Wildman–Crippen MR) is 71.7 cm³/mol. The number of carboxylic acids is 1. The summed E-state index contributed by atoms with van der Waals surface area (Å²) in [5.74, 6) is 0.873. The molecule has 0 spiro atoms. The Labute approximate surface area is 114 Å². The van der Waals surface area contributed by atoms with Crippen molar-refractivity contribution in [3.63, 3.8) is 0 Å². The molecule has 19 heavy (non-hydrogen) atoms. The van der Waals surface area contributed by atoms with Gasteiger partial charge in [-0.3, -0.25) is 4.79 Å². The van der Waals surface area contributed by atoms with E-state index in [4.69, 9.17) is 0 Å². The molecule has 1 saturated carbocycles. The van der Waals surface area contributed by atoms with E-state index in [-0.39, 0.29) is 11.8 Å². The summed E-state index contributed by atoms with van der Waals surface area (Å²) in [6.45, 7) is 7.26. The maximum absolute atomic E-state index is 11.4. The first-order valence-electron chi connectivity index (χ1n) is 7.13. The second-order valence-electron chi connectivity index (χ2n) is 6.03. The van der Waals surface area contributed by atoms with E-state index in [0.29, 0.717) is 11.8 Å². The fraction of sp³-hybridized carbons (Fsp3) is 0.786. The molecule has 5 heteroatoms. The number of rotatable bonds is 5. The van der Waals surface area contributed by atoms with E-state index < -0.39 is 5.97 Å². The number of aromatic nitrogens is 3. The molecular weight excluding hydrogens is 242 g/mol. The first-order chi connectivity index (χ1) is 9.02. The quantitative estimate of drug-likeness (QED) is 0.888. The second-order valence-corrected chi connectivity index (χ2v) is 6.03. The van der Waals surface area contributed by atoms with Gasteiger partial charge < -0.3 is 9.67 Å². The van der Waals surface area contributed by atoms with E-state index in [1.54, 1.807) is 6.33 Å². The van der Waals surface area contributed by atoms with Gasteiger partial charge >= 0.3 is 5.97 Å². The molecule has 5 nitrogen and oxygen atoms in total. The monoisotopic (exact) mass is 265 g/mol. The summed E-state index contributed by atoms with van der Waals surface area (Å²) in [7, 11) is 0. The van der Waals surface area contributed by atoms with Gasteiger partial charge in [-0.05, 0) is 24.7 Å². The van der Waals surface area contributed by atoms with Crippen molar-refractivity contribution in [2.75, 3.05) is 0 Å². The van der Waals surface area contributed by atoms with Crippen LogP contribution in [0.2, 0.25) is 0 Å². The van der Waals surface area contributed by atoms with E-state index in [9.17, 15) is 9.90 Å². The zero-order chi connectivity index (χ0) is 14.0. The van der Waals surface area contributed by atoms with Crippen LogP contribution in [0.15, 0.2) is 6.33 Å². The van der Waals surface area contributed by atoms with Crippen molar-refractivity contribution in [1.82, 2.24) is 14.8 Å². The lowest BCUT2D eigenvalue weighted by Crippen LogP contribution is -2.20. The van der Waals surface area contributed by atoms with Crippen LogP contribution >= 0.6 is 0 Å². The molecule has 3 unspecified atom stereocenters. The number of hydrogen-bond donors (Lipinski definition) is 1. The third-order valence-electron chi connectivity index (χ3n) is 4.09. The number of carbonyl (C=O) groups is 1. The molecule has 3 atom stereocenters. The van der Waals surface area contributed by atoms with E-state index in [1.165, 1.54) is 0 Å². The standard InChI is InChI=1S/C14H23N3O2/c1-4-10-5-11(12(6-10)14(18)19)13-16-15-8-17(13)7-9(2)3/h8-12H,4-7H2,1-3H3,(H,18,19). The molecule has 1 aliphatic carbocycles. The van der Waals surface area contributed by atoms with Crippen molar-refractivity contribution >= 4 is 5.97 Å². The summed E-state index contributed by atoms with van der Waals surface area (Å²) in [5.41, 5.74) is 0. The minimum Gasteiger partial charge on any atom is -0.481 e.